The second kappa shape index (κ2) is 7.19. The van der Waals surface area contributed by atoms with Crippen molar-refractivity contribution in [3.05, 3.63) is 59.7 Å². The van der Waals surface area contributed by atoms with Crippen LogP contribution in [0.4, 0.5) is 4.39 Å². The molecule has 4 atom stereocenters. The Labute approximate surface area is 158 Å². The largest absolute Gasteiger partial charge is 0.506 e. The van der Waals surface area contributed by atoms with E-state index >= 15 is 0 Å². The fourth-order valence-electron chi connectivity index (χ4n) is 4.77. The maximum absolute atomic E-state index is 13.1. The van der Waals surface area contributed by atoms with Gasteiger partial charge in [-0.25, -0.2) is 4.39 Å². The summed E-state index contributed by atoms with van der Waals surface area (Å²) in [6, 6.07) is 9.53. The minimum absolute atomic E-state index is 0.0853. The third-order valence-corrected chi connectivity index (χ3v) is 5.93. The van der Waals surface area contributed by atoms with Crippen molar-refractivity contribution in [3.63, 3.8) is 0 Å². The van der Waals surface area contributed by atoms with E-state index in [2.05, 4.69) is 9.88 Å². The first kappa shape index (κ1) is 18.3. The summed E-state index contributed by atoms with van der Waals surface area (Å²) in [5.74, 6) is 0.652. The highest BCUT2D eigenvalue weighted by atomic mass is 19.1. The summed E-state index contributed by atoms with van der Waals surface area (Å²) < 4.78 is 13.1. The van der Waals surface area contributed by atoms with Gasteiger partial charge in [-0.1, -0.05) is 12.1 Å². The van der Waals surface area contributed by atoms with Crippen molar-refractivity contribution in [2.75, 3.05) is 19.6 Å². The van der Waals surface area contributed by atoms with E-state index < -0.39 is 11.7 Å². The summed E-state index contributed by atoms with van der Waals surface area (Å²) in [5, 5.41) is 30.7. The van der Waals surface area contributed by atoms with Crippen LogP contribution in [0.3, 0.4) is 0 Å². The Morgan fingerprint density at radius 1 is 1.11 bits per heavy atom. The van der Waals surface area contributed by atoms with E-state index in [-0.39, 0.29) is 11.6 Å². The maximum Gasteiger partial charge on any atom is 0.133 e. The van der Waals surface area contributed by atoms with Crippen LogP contribution in [0.15, 0.2) is 42.6 Å². The van der Waals surface area contributed by atoms with E-state index in [9.17, 15) is 19.7 Å². The molecular formula is C21H25FN2O3. The molecule has 2 aliphatic rings. The van der Waals surface area contributed by atoms with E-state index in [0.29, 0.717) is 30.5 Å². The SMILES string of the molecule is Oc1ccc([C@@H](O)CN2CC3CC(O)(Cc4ccc(F)cc4)C[C@@H]3C2)nc1. The smallest absolute Gasteiger partial charge is 0.133 e. The molecule has 0 amide bonds. The quantitative estimate of drug-likeness (QED) is 0.751. The zero-order valence-corrected chi connectivity index (χ0v) is 15.1. The predicted molar refractivity (Wildman–Crippen MR) is 98.6 cm³/mol. The van der Waals surface area contributed by atoms with E-state index in [0.717, 1.165) is 31.5 Å². The molecule has 3 N–H and O–H groups in total. The van der Waals surface area contributed by atoms with Gasteiger partial charge in [0.15, 0.2) is 0 Å². The molecule has 2 unspecified atom stereocenters. The van der Waals surface area contributed by atoms with E-state index in [1.54, 1.807) is 18.2 Å². The second-order valence-electron chi connectivity index (χ2n) is 8.13. The second-order valence-corrected chi connectivity index (χ2v) is 8.13. The van der Waals surface area contributed by atoms with Crippen LogP contribution in [-0.2, 0) is 6.42 Å². The monoisotopic (exact) mass is 372 g/mol. The molecule has 2 heterocycles. The minimum Gasteiger partial charge on any atom is -0.506 e. The average Bonchev–Trinajstić information content (AvgIpc) is 3.11. The zero-order valence-electron chi connectivity index (χ0n) is 15.1. The molecule has 1 aliphatic carbocycles. The van der Waals surface area contributed by atoms with Gasteiger partial charge in [-0.15, -0.1) is 0 Å². The Bertz CT molecular complexity index is 767. The van der Waals surface area contributed by atoms with Crippen molar-refractivity contribution in [1.29, 1.82) is 0 Å². The molecule has 0 bridgehead atoms. The first-order valence-corrected chi connectivity index (χ1v) is 9.42. The van der Waals surface area contributed by atoms with Crippen molar-refractivity contribution in [3.8, 4) is 5.75 Å². The molecular weight excluding hydrogens is 347 g/mol. The van der Waals surface area contributed by atoms with Gasteiger partial charge in [0.2, 0.25) is 0 Å². The van der Waals surface area contributed by atoms with Crippen LogP contribution >= 0.6 is 0 Å². The first-order chi connectivity index (χ1) is 12.9. The number of fused-ring (bicyclic) bond motifs is 1. The Hall–Kier alpha value is -2.02. The molecule has 27 heavy (non-hydrogen) atoms. The molecule has 1 aromatic carbocycles. The van der Waals surface area contributed by atoms with Crippen molar-refractivity contribution < 1.29 is 19.7 Å². The van der Waals surface area contributed by atoms with Gasteiger partial charge in [-0.05, 0) is 54.5 Å². The van der Waals surface area contributed by atoms with Gasteiger partial charge >= 0.3 is 0 Å². The van der Waals surface area contributed by atoms with Crippen LogP contribution in [-0.4, -0.2) is 50.4 Å². The standard InChI is InChI=1S/C21H25FN2O3/c22-17-3-1-14(2-4-17)7-21(27)8-15-11-24(12-16(15)9-21)13-20(26)19-6-5-18(25)10-23-19/h1-6,10,15-16,20,25-27H,7-9,11-13H2/t15-,16?,20+,21?/m1/s1. The van der Waals surface area contributed by atoms with Crippen LogP contribution in [0.2, 0.25) is 0 Å². The molecule has 2 fully saturated rings. The number of hydrogen-bond acceptors (Lipinski definition) is 5. The van der Waals surface area contributed by atoms with Crippen molar-refractivity contribution in [1.82, 2.24) is 9.88 Å². The van der Waals surface area contributed by atoms with Gasteiger partial charge in [0, 0.05) is 26.1 Å². The topological polar surface area (TPSA) is 76.8 Å². The highest BCUT2D eigenvalue weighted by molar-refractivity contribution is 5.20. The molecule has 1 saturated heterocycles. The van der Waals surface area contributed by atoms with Gasteiger partial charge in [0.25, 0.3) is 0 Å². The first-order valence-electron chi connectivity index (χ1n) is 9.42. The number of pyridine rings is 1. The Balaban J connectivity index is 1.32. The van der Waals surface area contributed by atoms with Gasteiger partial charge in [-0.2, -0.15) is 0 Å². The molecule has 2 aromatic rings. The minimum atomic E-state index is -0.726. The number of likely N-dealkylation sites (tertiary alicyclic amines) is 1. The van der Waals surface area contributed by atoms with E-state index in [1.165, 1.54) is 24.4 Å². The number of benzene rings is 1. The number of rotatable bonds is 5. The number of nitrogens with zero attached hydrogens (tertiary/aromatic N) is 2. The van der Waals surface area contributed by atoms with Gasteiger partial charge < -0.3 is 15.3 Å². The lowest BCUT2D eigenvalue weighted by atomic mass is 9.91. The summed E-state index contributed by atoms with van der Waals surface area (Å²) in [7, 11) is 0. The number of aliphatic hydroxyl groups excluding tert-OH is 1. The Morgan fingerprint density at radius 2 is 1.78 bits per heavy atom. The molecule has 0 spiro atoms. The molecule has 1 aliphatic heterocycles. The van der Waals surface area contributed by atoms with Crippen LogP contribution in [0, 0.1) is 17.7 Å². The third-order valence-electron chi connectivity index (χ3n) is 5.93. The lowest BCUT2D eigenvalue weighted by molar-refractivity contribution is 0.0327. The zero-order chi connectivity index (χ0) is 19.0. The lowest BCUT2D eigenvalue weighted by Gasteiger charge is -2.27. The molecule has 0 radical (unpaired) electrons. The van der Waals surface area contributed by atoms with Crippen LogP contribution in [0.1, 0.15) is 30.2 Å². The number of aromatic hydroxyl groups is 1. The molecule has 1 saturated carbocycles. The van der Waals surface area contributed by atoms with E-state index in [4.69, 9.17) is 0 Å². The van der Waals surface area contributed by atoms with Gasteiger partial charge in [0.1, 0.15) is 17.7 Å². The maximum atomic E-state index is 13.1. The lowest BCUT2D eigenvalue weighted by Crippen LogP contribution is -2.33. The van der Waals surface area contributed by atoms with E-state index in [1.807, 2.05) is 0 Å². The fourth-order valence-corrected chi connectivity index (χ4v) is 4.77. The summed E-state index contributed by atoms with van der Waals surface area (Å²) >= 11 is 0. The number of hydrogen-bond donors (Lipinski definition) is 3. The molecule has 1 aromatic heterocycles. The normalized spacial score (nSPS) is 29.0. The molecule has 4 rings (SSSR count). The van der Waals surface area contributed by atoms with Gasteiger partial charge in [0.05, 0.1) is 17.5 Å². The highest BCUT2D eigenvalue weighted by Crippen LogP contribution is 2.45. The summed E-state index contributed by atoms with van der Waals surface area (Å²) in [5.41, 5.74) is 0.790. The van der Waals surface area contributed by atoms with Crippen LogP contribution < -0.4 is 0 Å². The molecule has 144 valence electrons. The number of β-amino-alcohol motifs (C(OH)–C–C–N with tert-alkyl or cyclic N) is 1. The van der Waals surface area contributed by atoms with Crippen molar-refractivity contribution in [2.45, 2.75) is 31.0 Å². The fraction of sp³-hybridized carbons (Fsp3) is 0.476. The van der Waals surface area contributed by atoms with Crippen molar-refractivity contribution in [2.24, 2.45) is 11.8 Å². The predicted octanol–water partition coefficient (Wildman–Crippen LogP) is 2.28. The number of halogens is 1. The molecule has 5 nitrogen and oxygen atoms in total. The third kappa shape index (κ3) is 4.13. The van der Waals surface area contributed by atoms with Crippen molar-refractivity contribution >= 4 is 0 Å². The van der Waals surface area contributed by atoms with Crippen LogP contribution in [0.5, 0.6) is 5.75 Å². The Kier molecular flexibility index (Phi) is 4.88. The Morgan fingerprint density at radius 3 is 2.37 bits per heavy atom. The number of aliphatic hydroxyl groups is 2. The van der Waals surface area contributed by atoms with Gasteiger partial charge in [-0.3, -0.25) is 9.88 Å². The summed E-state index contributed by atoms with van der Waals surface area (Å²) in [6.45, 7) is 2.21. The summed E-state index contributed by atoms with van der Waals surface area (Å²) in [6.07, 6.45) is 2.67. The molecule has 6 heteroatoms. The summed E-state index contributed by atoms with van der Waals surface area (Å²) in [4.78, 5) is 6.30. The average molecular weight is 372 g/mol. The number of aromatic nitrogens is 1. The van der Waals surface area contributed by atoms with Crippen LogP contribution in [0.25, 0.3) is 0 Å². The highest BCUT2D eigenvalue weighted by Gasteiger charge is 2.48.